The van der Waals surface area contributed by atoms with E-state index in [2.05, 4.69) is 20.7 Å². The number of sulfonamides is 1. The predicted molar refractivity (Wildman–Crippen MR) is 123 cm³/mol. The van der Waals surface area contributed by atoms with Gasteiger partial charge in [0.05, 0.1) is 21.2 Å². The summed E-state index contributed by atoms with van der Waals surface area (Å²) in [4.78, 5) is 35.5. The van der Waals surface area contributed by atoms with Crippen molar-refractivity contribution in [1.29, 1.82) is 0 Å². The largest absolute Gasteiger partial charge is 0.448 e. The second-order valence-corrected chi connectivity index (χ2v) is 10.1. The number of ether oxygens (including phenoxy) is 1. The molecular weight excluding hydrogens is 526 g/mol. The smallest absolute Gasteiger partial charge is 0.340 e. The highest BCUT2D eigenvalue weighted by molar-refractivity contribution is 9.10. The van der Waals surface area contributed by atoms with Crippen LogP contribution >= 0.6 is 27.5 Å². The number of hydrogen-bond acceptors (Lipinski definition) is 6. The van der Waals surface area contributed by atoms with Crippen molar-refractivity contribution in [2.24, 2.45) is 11.7 Å². The first-order chi connectivity index (χ1) is 14.8. The number of benzene rings is 2. The molecule has 0 saturated heterocycles. The molecule has 9 nitrogen and oxygen atoms in total. The second kappa shape index (κ2) is 10.3. The van der Waals surface area contributed by atoms with Gasteiger partial charge in [0, 0.05) is 4.47 Å². The summed E-state index contributed by atoms with van der Waals surface area (Å²) < 4.78 is 33.9. The number of primary amides is 1. The quantitative estimate of drug-likeness (QED) is 0.453. The molecule has 0 aliphatic rings. The van der Waals surface area contributed by atoms with E-state index in [1.54, 1.807) is 39.0 Å². The number of carbonyl (C=O) groups excluding carboxylic acids is 3. The molecule has 0 fully saturated rings. The minimum Gasteiger partial charge on any atom is -0.448 e. The number of rotatable bonds is 7. The van der Waals surface area contributed by atoms with E-state index < -0.39 is 40.0 Å². The summed E-state index contributed by atoms with van der Waals surface area (Å²) >= 11 is 9.36. The van der Waals surface area contributed by atoms with E-state index in [1.807, 2.05) is 5.32 Å². The van der Waals surface area contributed by atoms with E-state index in [0.717, 1.165) is 11.6 Å². The molecule has 12 heteroatoms. The van der Waals surface area contributed by atoms with Gasteiger partial charge < -0.3 is 10.5 Å². The van der Waals surface area contributed by atoms with Crippen LogP contribution in [-0.4, -0.2) is 32.4 Å². The Hall–Kier alpha value is -2.63. The number of nitrogens with two attached hydrogens (primary N) is 1. The molecule has 0 aromatic heterocycles. The molecule has 0 bridgehead atoms. The molecule has 2 rings (SSSR count). The van der Waals surface area contributed by atoms with Gasteiger partial charge >= 0.3 is 12.0 Å². The summed E-state index contributed by atoms with van der Waals surface area (Å²) in [6.07, 6.45) is -1.35. The molecule has 0 aliphatic heterocycles. The molecule has 2 aromatic carbocycles. The van der Waals surface area contributed by atoms with Crippen molar-refractivity contribution in [3.05, 3.63) is 57.0 Å². The van der Waals surface area contributed by atoms with Crippen molar-refractivity contribution in [2.75, 3.05) is 4.72 Å². The minimum atomic E-state index is -4.09. The van der Waals surface area contributed by atoms with Crippen LogP contribution in [0.5, 0.6) is 0 Å². The molecular formula is C20H21BrClN3O6S. The first-order valence-electron chi connectivity index (χ1n) is 9.21. The molecule has 32 heavy (non-hydrogen) atoms. The van der Waals surface area contributed by atoms with Gasteiger partial charge in [0.2, 0.25) is 0 Å². The van der Waals surface area contributed by atoms with Crippen LogP contribution in [0.1, 0.15) is 29.8 Å². The maximum atomic E-state index is 12.9. The Morgan fingerprint density at radius 3 is 2.38 bits per heavy atom. The number of urea groups is 1. The summed E-state index contributed by atoms with van der Waals surface area (Å²) in [5.41, 5.74) is 5.82. The van der Waals surface area contributed by atoms with E-state index in [-0.39, 0.29) is 15.5 Å². The molecule has 172 valence electrons. The zero-order valence-electron chi connectivity index (χ0n) is 17.3. The van der Waals surface area contributed by atoms with E-state index in [0.29, 0.717) is 10.2 Å². The fourth-order valence-electron chi connectivity index (χ4n) is 2.61. The summed E-state index contributed by atoms with van der Waals surface area (Å²) in [7, 11) is -4.09. The van der Waals surface area contributed by atoms with Crippen LogP contribution in [0, 0.1) is 12.8 Å². The number of carbonyl (C=O) groups is 3. The van der Waals surface area contributed by atoms with E-state index >= 15 is 0 Å². The fourth-order valence-corrected chi connectivity index (χ4v) is 4.38. The molecule has 0 radical (unpaired) electrons. The van der Waals surface area contributed by atoms with E-state index in [4.69, 9.17) is 22.1 Å². The lowest BCUT2D eigenvalue weighted by molar-refractivity contribution is -0.130. The lowest BCUT2D eigenvalue weighted by Gasteiger charge is -2.20. The molecule has 4 N–H and O–H groups in total. The highest BCUT2D eigenvalue weighted by Gasteiger charge is 2.29. The van der Waals surface area contributed by atoms with Gasteiger partial charge in [-0.05, 0) is 64.7 Å². The summed E-state index contributed by atoms with van der Waals surface area (Å²) in [5.74, 6) is -2.46. The van der Waals surface area contributed by atoms with Crippen molar-refractivity contribution in [3.8, 4) is 0 Å². The molecule has 1 atom stereocenters. The number of esters is 1. The van der Waals surface area contributed by atoms with Crippen molar-refractivity contribution in [3.63, 3.8) is 0 Å². The predicted octanol–water partition coefficient (Wildman–Crippen LogP) is 3.59. The van der Waals surface area contributed by atoms with Gasteiger partial charge in [-0.2, -0.15) is 0 Å². The van der Waals surface area contributed by atoms with Crippen LogP contribution in [0.2, 0.25) is 5.02 Å². The molecule has 0 heterocycles. The number of anilines is 1. The highest BCUT2D eigenvalue weighted by Crippen LogP contribution is 2.28. The maximum Gasteiger partial charge on any atom is 0.340 e. The average molecular weight is 547 g/mol. The number of halogens is 2. The van der Waals surface area contributed by atoms with Gasteiger partial charge in [0.15, 0.2) is 6.10 Å². The fraction of sp³-hybridized carbons (Fsp3) is 0.250. The van der Waals surface area contributed by atoms with Crippen LogP contribution in [0.25, 0.3) is 0 Å². The molecule has 0 spiro atoms. The van der Waals surface area contributed by atoms with Gasteiger partial charge in [-0.1, -0.05) is 31.5 Å². The zero-order chi connectivity index (χ0) is 24.2. The van der Waals surface area contributed by atoms with Crippen molar-refractivity contribution < 1.29 is 27.5 Å². The Labute approximate surface area is 198 Å². The van der Waals surface area contributed by atoms with Gasteiger partial charge in [-0.3, -0.25) is 14.8 Å². The highest BCUT2D eigenvalue weighted by atomic mass is 79.9. The van der Waals surface area contributed by atoms with Gasteiger partial charge in [-0.15, -0.1) is 0 Å². The first kappa shape index (κ1) is 25.6. The average Bonchev–Trinajstić information content (AvgIpc) is 2.67. The Bertz CT molecular complexity index is 1170. The number of nitrogens with one attached hydrogen (secondary N) is 2. The third kappa shape index (κ3) is 6.44. The summed E-state index contributed by atoms with van der Waals surface area (Å²) in [6, 6.07) is 7.53. The molecule has 2 aromatic rings. The lowest BCUT2D eigenvalue weighted by Crippen LogP contribution is -2.45. The number of aryl methyl sites for hydroxylation is 1. The molecule has 0 aliphatic carbocycles. The van der Waals surface area contributed by atoms with Crippen molar-refractivity contribution >= 4 is 61.1 Å². The number of imide groups is 1. The van der Waals surface area contributed by atoms with Crippen LogP contribution in [0.4, 0.5) is 10.5 Å². The molecule has 3 amide bonds. The van der Waals surface area contributed by atoms with Gasteiger partial charge in [-0.25, -0.2) is 18.0 Å². The van der Waals surface area contributed by atoms with Crippen LogP contribution < -0.4 is 15.8 Å². The molecule has 0 saturated carbocycles. The Morgan fingerprint density at radius 2 is 1.78 bits per heavy atom. The maximum absolute atomic E-state index is 12.9. The topological polar surface area (TPSA) is 145 Å². The number of hydrogen-bond donors (Lipinski definition) is 3. The van der Waals surface area contributed by atoms with Crippen LogP contribution in [-0.2, 0) is 19.6 Å². The van der Waals surface area contributed by atoms with Crippen molar-refractivity contribution in [1.82, 2.24) is 5.32 Å². The van der Waals surface area contributed by atoms with E-state index in [9.17, 15) is 22.8 Å². The Balaban J connectivity index is 2.34. The standard InChI is InChI=1S/C20H21BrClN3O6S/c1-10(2)17(18(26)24-20(23)28)31-19(27)13-9-12(5-7-15(13)22)32(29,30)25-16-8-11(3)4-6-14(16)21/h4-10,17,25H,1-3H3,(H3,23,24,26,28)/t17-/m0/s1. The Kier molecular flexibility index (Phi) is 8.27. The monoisotopic (exact) mass is 545 g/mol. The van der Waals surface area contributed by atoms with E-state index in [1.165, 1.54) is 12.1 Å². The Morgan fingerprint density at radius 1 is 1.12 bits per heavy atom. The summed E-state index contributed by atoms with van der Waals surface area (Å²) in [5, 5.41) is 1.77. The van der Waals surface area contributed by atoms with Gasteiger partial charge in [0.1, 0.15) is 0 Å². The van der Waals surface area contributed by atoms with Crippen molar-refractivity contribution in [2.45, 2.75) is 31.8 Å². The second-order valence-electron chi connectivity index (χ2n) is 7.15. The zero-order valence-corrected chi connectivity index (χ0v) is 20.5. The summed E-state index contributed by atoms with van der Waals surface area (Å²) in [6.45, 7) is 4.98. The molecule has 0 unspecified atom stereocenters. The normalized spacial score (nSPS) is 12.2. The van der Waals surface area contributed by atoms with Gasteiger partial charge in [0.25, 0.3) is 15.9 Å². The lowest BCUT2D eigenvalue weighted by atomic mass is 10.1. The third-order valence-electron chi connectivity index (χ3n) is 4.18. The van der Waals surface area contributed by atoms with Crippen LogP contribution in [0.3, 0.4) is 0 Å². The minimum absolute atomic E-state index is 0.0801. The first-order valence-corrected chi connectivity index (χ1v) is 11.9. The third-order valence-corrected chi connectivity index (χ3v) is 6.56. The number of amides is 3. The van der Waals surface area contributed by atoms with Crippen LogP contribution in [0.15, 0.2) is 45.8 Å². The SMILES string of the molecule is Cc1ccc(Br)c(NS(=O)(=O)c2ccc(Cl)c(C(=O)O[C@H](C(=O)NC(N)=O)C(C)C)c2)c1.